The van der Waals surface area contributed by atoms with E-state index in [-0.39, 0.29) is 98.1 Å². The molecule has 0 aromatic rings. The van der Waals surface area contributed by atoms with Gasteiger partial charge in [0.1, 0.15) is 0 Å². The molecule has 0 unspecified atom stereocenters. The predicted molar refractivity (Wildman–Crippen MR) is 14.5 cm³/mol. The monoisotopic (exact) mass is 308 g/mol. The molecule has 27 valence electrons. The van der Waals surface area contributed by atoms with Crippen molar-refractivity contribution in [3.8, 4) is 0 Å². The van der Waals surface area contributed by atoms with Gasteiger partial charge in [-0.25, -0.2) is 0 Å². The van der Waals surface area contributed by atoms with Gasteiger partial charge in [-0.05, 0) is 0 Å². The molecule has 6 heavy (non-hydrogen) atoms. The molecule has 0 nitrogen and oxygen atoms in total. The molecular formula is C3H5Y3-. The average molecular weight is 308 g/mol. The van der Waals surface area contributed by atoms with Gasteiger partial charge < -0.3 is 6.08 Å². The van der Waals surface area contributed by atoms with Crippen LogP contribution < -0.4 is 0 Å². The van der Waals surface area contributed by atoms with Gasteiger partial charge in [-0.2, -0.15) is 6.92 Å². The molecule has 0 atom stereocenters. The molecule has 3 radical (unpaired) electrons. The number of rotatable bonds is 0. The minimum atomic E-state index is 0. The third-order valence-corrected chi connectivity index (χ3v) is 0. The molecule has 0 fully saturated rings. The van der Waals surface area contributed by atoms with Gasteiger partial charge in [0.2, 0.25) is 0 Å². The van der Waals surface area contributed by atoms with E-state index in [9.17, 15) is 0 Å². The summed E-state index contributed by atoms with van der Waals surface area (Å²) in [6.07, 6.45) is 2.50. The van der Waals surface area contributed by atoms with Gasteiger partial charge in [0.15, 0.2) is 0 Å². The van der Waals surface area contributed by atoms with Crippen LogP contribution in [0.1, 0.15) is 6.92 Å². The normalized spacial score (nSPS) is 2.17. The Labute approximate surface area is 115 Å². The summed E-state index contributed by atoms with van der Waals surface area (Å²) >= 11 is 0. The minimum absolute atomic E-state index is 0. The maximum absolute atomic E-state index is 3.24. The smallest absolute Gasteiger partial charge is 0 e. The van der Waals surface area contributed by atoms with Crippen LogP contribution in [-0.2, 0) is 98.1 Å². The third kappa shape index (κ3) is 27.7. The van der Waals surface area contributed by atoms with E-state index in [1.807, 2.05) is 0 Å². The Hall–Kier alpha value is 3.05. The van der Waals surface area contributed by atoms with Gasteiger partial charge in [0.05, 0.1) is 0 Å². The van der Waals surface area contributed by atoms with Gasteiger partial charge in [0, 0.05) is 98.1 Å². The quantitative estimate of drug-likeness (QED) is 0.586. The second kappa shape index (κ2) is 24.4. The Morgan fingerprint density at radius 3 is 1.17 bits per heavy atom. The fraction of sp³-hybridized carbons (Fsp3) is 0.333. The predicted octanol–water partition coefficient (Wildman–Crippen LogP) is 0.988. The first-order chi connectivity index (χ1) is 1.41. The zero-order valence-corrected chi connectivity index (χ0v) is 12.5. The van der Waals surface area contributed by atoms with Crippen LogP contribution >= 0.6 is 0 Å². The van der Waals surface area contributed by atoms with Crippen molar-refractivity contribution >= 4 is 0 Å². The third-order valence-electron chi connectivity index (χ3n) is 0. The molecule has 0 aliphatic heterocycles. The topological polar surface area (TPSA) is 0 Å². The van der Waals surface area contributed by atoms with Gasteiger partial charge in [-0.1, -0.05) is 0 Å². The van der Waals surface area contributed by atoms with Crippen LogP contribution in [0.4, 0.5) is 0 Å². The second-order valence-corrected chi connectivity index (χ2v) is 0.354. The molecule has 0 saturated heterocycles. The molecule has 0 heterocycles. The van der Waals surface area contributed by atoms with Crippen LogP contribution in [0.5, 0.6) is 0 Å². The van der Waals surface area contributed by atoms with E-state index in [2.05, 4.69) is 12.7 Å². The van der Waals surface area contributed by atoms with Gasteiger partial charge in [-0.3, -0.25) is 6.58 Å². The second-order valence-electron chi connectivity index (χ2n) is 0.354. The van der Waals surface area contributed by atoms with Crippen LogP contribution in [0, 0.1) is 6.08 Å². The summed E-state index contributed by atoms with van der Waals surface area (Å²) in [6.45, 7) is 5.00. The summed E-state index contributed by atoms with van der Waals surface area (Å²) in [5.41, 5.74) is 0. The van der Waals surface area contributed by atoms with E-state index in [1.54, 1.807) is 6.92 Å². The molecule has 0 N–H and O–H groups in total. The summed E-state index contributed by atoms with van der Waals surface area (Å²) in [6, 6.07) is 0. The number of allylic oxidation sites excluding steroid dienone is 1. The fourth-order valence-electron chi connectivity index (χ4n) is 0. The molecule has 0 aliphatic rings. The number of hydrogen-bond donors (Lipinski definition) is 0. The first-order valence-corrected chi connectivity index (χ1v) is 0.854. The molecule has 0 amide bonds. The van der Waals surface area contributed by atoms with Gasteiger partial charge >= 0.3 is 0 Å². The maximum atomic E-state index is 3.24. The molecule has 0 bridgehead atoms. The van der Waals surface area contributed by atoms with Crippen molar-refractivity contribution in [3.05, 3.63) is 12.7 Å². The average Bonchev–Trinajstić information content (AvgIpc) is 0.918. The molecular weight excluding hydrogens is 303 g/mol. The summed E-state index contributed by atoms with van der Waals surface area (Å²) in [5, 5.41) is 0. The van der Waals surface area contributed by atoms with E-state index in [0.29, 0.717) is 0 Å². The Morgan fingerprint density at radius 1 is 1.17 bits per heavy atom. The first-order valence-electron chi connectivity index (χ1n) is 0.854. The van der Waals surface area contributed by atoms with Crippen molar-refractivity contribution in [2.75, 3.05) is 0 Å². The minimum Gasteiger partial charge on any atom is -0.507 e. The van der Waals surface area contributed by atoms with Crippen molar-refractivity contribution in [2.45, 2.75) is 6.92 Å². The first kappa shape index (κ1) is 23.0. The van der Waals surface area contributed by atoms with Crippen molar-refractivity contribution < 1.29 is 98.1 Å². The SMILES string of the molecule is C=[C-]C.[Y].[Y].[Y]. The number of hydrogen-bond acceptors (Lipinski definition) is 0. The molecule has 0 aromatic heterocycles. The van der Waals surface area contributed by atoms with E-state index < -0.39 is 0 Å². The molecule has 0 aromatic carbocycles. The van der Waals surface area contributed by atoms with E-state index in [1.165, 1.54) is 0 Å². The van der Waals surface area contributed by atoms with Crippen molar-refractivity contribution in [3.63, 3.8) is 0 Å². The van der Waals surface area contributed by atoms with E-state index in [0.717, 1.165) is 0 Å². The standard InChI is InChI=1S/C3H5.3Y/c1-3-2;;;/h1H2,2H3;;;/q-1;;;. The summed E-state index contributed by atoms with van der Waals surface area (Å²) in [4.78, 5) is 0. The van der Waals surface area contributed by atoms with Crippen LogP contribution in [0.3, 0.4) is 0 Å². The Bertz CT molecular complexity index is 13.5. The fourth-order valence-corrected chi connectivity index (χ4v) is 0. The molecule has 0 rings (SSSR count). The van der Waals surface area contributed by atoms with Crippen LogP contribution in [-0.4, -0.2) is 0 Å². The molecule has 0 saturated carbocycles. The zero-order chi connectivity index (χ0) is 2.71. The van der Waals surface area contributed by atoms with Crippen molar-refractivity contribution in [1.82, 2.24) is 0 Å². The zero-order valence-electron chi connectivity index (χ0n) is 3.94. The Balaban J connectivity index is -0.00000000667. The molecule has 3 heteroatoms. The Kier molecular flexibility index (Phi) is 93.5. The van der Waals surface area contributed by atoms with Crippen LogP contribution in [0.2, 0.25) is 0 Å². The largest absolute Gasteiger partial charge is 0.507 e. The summed E-state index contributed by atoms with van der Waals surface area (Å²) in [5.74, 6) is 0. The van der Waals surface area contributed by atoms with Crippen molar-refractivity contribution in [1.29, 1.82) is 0 Å². The van der Waals surface area contributed by atoms with Gasteiger partial charge in [-0.15, -0.1) is 0 Å². The van der Waals surface area contributed by atoms with Crippen LogP contribution in [0.15, 0.2) is 6.58 Å². The summed E-state index contributed by atoms with van der Waals surface area (Å²) in [7, 11) is 0. The van der Waals surface area contributed by atoms with Gasteiger partial charge in [0.25, 0.3) is 0 Å². The molecule has 0 aliphatic carbocycles. The molecule has 0 spiro atoms. The van der Waals surface area contributed by atoms with Crippen molar-refractivity contribution in [2.24, 2.45) is 0 Å². The summed E-state index contributed by atoms with van der Waals surface area (Å²) < 4.78 is 0. The van der Waals surface area contributed by atoms with E-state index >= 15 is 0 Å². The van der Waals surface area contributed by atoms with Crippen LogP contribution in [0.25, 0.3) is 0 Å². The van der Waals surface area contributed by atoms with E-state index in [4.69, 9.17) is 0 Å². The Morgan fingerprint density at radius 2 is 1.17 bits per heavy atom. The maximum Gasteiger partial charge on any atom is 0 e.